The molecule has 146 valence electrons. The first kappa shape index (κ1) is 19.3. The third-order valence-electron chi connectivity index (χ3n) is 4.40. The second-order valence-electron chi connectivity index (χ2n) is 6.29. The molecule has 0 aliphatic carbocycles. The van der Waals surface area contributed by atoms with E-state index in [4.69, 9.17) is 17.3 Å². The number of thiophene rings is 1. The molecule has 0 radical (unpaired) electrons. The summed E-state index contributed by atoms with van der Waals surface area (Å²) in [6.45, 7) is 0.256. The molecule has 8 heteroatoms. The SMILES string of the molecule is Nc1c(C(=O)NCc2ccccc2Cl)sc2nc(-c3ccc(F)cc3F)ccc12. The minimum Gasteiger partial charge on any atom is -0.397 e. The van der Waals surface area contributed by atoms with Crippen molar-refractivity contribution in [1.82, 2.24) is 10.3 Å². The molecule has 0 aliphatic rings. The fourth-order valence-corrected chi connectivity index (χ4v) is 4.12. The molecule has 1 amide bonds. The molecule has 0 fully saturated rings. The Hall–Kier alpha value is -3.03. The van der Waals surface area contributed by atoms with Crippen molar-refractivity contribution in [2.24, 2.45) is 0 Å². The summed E-state index contributed by atoms with van der Waals surface area (Å²) >= 11 is 7.22. The minimum atomic E-state index is -0.709. The summed E-state index contributed by atoms with van der Waals surface area (Å²) in [4.78, 5) is 17.8. The summed E-state index contributed by atoms with van der Waals surface area (Å²) in [7, 11) is 0. The van der Waals surface area contributed by atoms with E-state index < -0.39 is 11.6 Å². The molecule has 0 unspecified atom stereocenters. The Morgan fingerprint density at radius 2 is 1.93 bits per heavy atom. The highest BCUT2D eigenvalue weighted by Gasteiger charge is 2.18. The Morgan fingerprint density at radius 1 is 1.14 bits per heavy atom. The molecule has 4 rings (SSSR count). The predicted molar refractivity (Wildman–Crippen MR) is 112 cm³/mol. The molecular formula is C21H14ClF2N3OS. The number of nitrogens with zero attached hydrogens (tertiary/aromatic N) is 1. The summed E-state index contributed by atoms with van der Waals surface area (Å²) in [6.07, 6.45) is 0. The number of benzene rings is 2. The number of aromatic nitrogens is 1. The van der Waals surface area contributed by atoms with Gasteiger partial charge in [0.1, 0.15) is 21.3 Å². The molecule has 0 saturated heterocycles. The number of fused-ring (bicyclic) bond motifs is 1. The van der Waals surface area contributed by atoms with Crippen molar-refractivity contribution in [2.75, 3.05) is 5.73 Å². The Morgan fingerprint density at radius 3 is 2.69 bits per heavy atom. The largest absolute Gasteiger partial charge is 0.397 e. The van der Waals surface area contributed by atoms with Gasteiger partial charge in [-0.2, -0.15) is 0 Å². The summed E-state index contributed by atoms with van der Waals surface area (Å²) in [5, 5.41) is 3.96. The maximum Gasteiger partial charge on any atom is 0.263 e. The van der Waals surface area contributed by atoms with E-state index in [1.54, 1.807) is 18.2 Å². The lowest BCUT2D eigenvalue weighted by Gasteiger charge is -2.06. The summed E-state index contributed by atoms with van der Waals surface area (Å²) in [5.41, 5.74) is 7.73. The number of carbonyl (C=O) groups excluding carboxylic acids is 1. The maximum absolute atomic E-state index is 14.1. The Kier molecular flexibility index (Phi) is 5.17. The van der Waals surface area contributed by atoms with Gasteiger partial charge in [0.05, 0.1) is 11.4 Å². The summed E-state index contributed by atoms with van der Waals surface area (Å²) < 4.78 is 27.2. The van der Waals surface area contributed by atoms with Gasteiger partial charge in [-0.1, -0.05) is 29.8 Å². The van der Waals surface area contributed by atoms with Gasteiger partial charge in [0.2, 0.25) is 0 Å². The zero-order chi connectivity index (χ0) is 20.5. The smallest absolute Gasteiger partial charge is 0.263 e. The number of halogens is 3. The molecule has 0 aliphatic heterocycles. The lowest BCUT2D eigenvalue weighted by atomic mass is 10.1. The number of amides is 1. The van der Waals surface area contributed by atoms with Crippen LogP contribution in [0.25, 0.3) is 21.5 Å². The van der Waals surface area contributed by atoms with E-state index in [2.05, 4.69) is 10.3 Å². The molecular weight excluding hydrogens is 416 g/mol. The molecule has 0 atom stereocenters. The van der Waals surface area contributed by atoms with Crippen LogP contribution in [0.3, 0.4) is 0 Å². The van der Waals surface area contributed by atoms with Crippen molar-refractivity contribution in [3.63, 3.8) is 0 Å². The second kappa shape index (κ2) is 7.77. The van der Waals surface area contributed by atoms with Gasteiger partial charge in [-0.25, -0.2) is 13.8 Å². The maximum atomic E-state index is 14.1. The Labute approximate surface area is 174 Å². The van der Waals surface area contributed by atoms with E-state index in [1.807, 2.05) is 18.2 Å². The lowest BCUT2D eigenvalue weighted by molar-refractivity contribution is 0.0956. The first-order valence-electron chi connectivity index (χ1n) is 8.60. The second-order valence-corrected chi connectivity index (χ2v) is 7.70. The normalized spacial score (nSPS) is 11.0. The van der Waals surface area contributed by atoms with E-state index >= 15 is 0 Å². The molecule has 29 heavy (non-hydrogen) atoms. The number of nitrogens with one attached hydrogen (secondary N) is 1. The van der Waals surface area contributed by atoms with Gasteiger partial charge in [0, 0.05) is 28.6 Å². The van der Waals surface area contributed by atoms with Crippen molar-refractivity contribution in [2.45, 2.75) is 6.54 Å². The van der Waals surface area contributed by atoms with Crippen LogP contribution in [0.4, 0.5) is 14.5 Å². The highest BCUT2D eigenvalue weighted by atomic mass is 35.5. The van der Waals surface area contributed by atoms with Gasteiger partial charge in [-0.05, 0) is 35.9 Å². The molecule has 0 spiro atoms. The third kappa shape index (κ3) is 3.79. The number of pyridine rings is 1. The first-order valence-corrected chi connectivity index (χ1v) is 9.79. The van der Waals surface area contributed by atoms with Crippen molar-refractivity contribution in [1.29, 1.82) is 0 Å². The van der Waals surface area contributed by atoms with Crippen molar-refractivity contribution >= 4 is 44.7 Å². The number of nitrogens with two attached hydrogens (primary N) is 1. The first-order chi connectivity index (χ1) is 13.9. The molecule has 0 bridgehead atoms. The molecule has 4 aromatic rings. The predicted octanol–water partition coefficient (Wildman–Crippen LogP) is 5.41. The van der Waals surface area contributed by atoms with E-state index in [1.165, 1.54) is 12.1 Å². The van der Waals surface area contributed by atoms with Crippen LogP contribution in [0.15, 0.2) is 54.6 Å². The molecule has 2 aromatic heterocycles. The fourth-order valence-electron chi connectivity index (χ4n) is 2.91. The monoisotopic (exact) mass is 429 g/mol. The number of nitrogen functional groups attached to an aromatic ring is 1. The zero-order valence-electron chi connectivity index (χ0n) is 14.9. The molecule has 0 saturated carbocycles. The van der Waals surface area contributed by atoms with E-state index in [0.717, 1.165) is 23.0 Å². The third-order valence-corrected chi connectivity index (χ3v) is 5.89. The van der Waals surface area contributed by atoms with Gasteiger partial charge in [-0.15, -0.1) is 11.3 Å². The number of hydrogen-bond donors (Lipinski definition) is 2. The van der Waals surface area contributed by atoms with E-state index in [9.17, 15) is 13.6 Å². The van der Waals surface area contributed by atoms with Crippen LogP contribution in [-0.2, 0) is 6.54 Å². The van der Waals surface area contributed by atoms with E-state index in [0.29, 0.717) is 31.5 Å². The topological polar surface area (TPSA) is 68.0 Å². The van der Waals surface area contributed by atoms with Crippen molar-refractivity contribution in [3.8, 4) is 11.3 Å². The van der Waals surface area contributed by atoms with Crippen LogP contribution in [0.2, 0.25) is 5.02 Å². The van der Waals surface area contributed by atoms with Gasteiger partial charge in [-0.3, -0.25) is 4.79 Å². The van der Waals surface area contributed by atoms with Gasteiger partial charge < -0.3 is 11.1 Å². The number of carbonyl (C=O) groups is 1. The fraction of sp³-hybridized carbons (Fsp3) is 0.0476. The Balaban J connectivity index is 1.63. The number of rotatable bonds is 4. The van der Waals surface area contributed by atoms with Crippen LogP contribution in [-0.4, -0.2) is 10.9 Å². The van der Waals surface area contributed by atoms with Crippen LogP contribution in [0, 0.1) is 11.6 Å². The summed E-state index contributed by atoms with van der Waals surface area (Å²) in [6, 6.07) is 13.8. The number of hydrogen-bond acceptors (Lipinski definition) is 4. The van der Waals surface area contributed by atoms with Crippen LogP contribution < -0.4 is 11.1 Å². The standard InChI is InChI=1S/C21H14ClF2N3OS/c22-15-4-2-1-3-11(15)10-26-20(28)19-18(25)14-7-8-17(27-21(14)29-19)13-6-5-12(23)9-16(13)24/h1-9H,10,25H2,(H,26,28). The summed E-state index contributed by atoms with van der Waals surface area (Å²) in [5.74, 6) is -1.72. The minimum absolute atomic E-state index is 0.171. The zero-order valence-corrected chi connectivity index (χ0v) is 16.5. The van der Waals surface area contributed by atoms with Gasteiger partial charge in [0.15, 0.2) is 0 Å². The lowest BCUT2D eigenvalue weighted by Crippen LogP contribution is -2.22. The molecule has 4 nitrogen and oxygen atoms in total. The molecule has 2 heterocycles. The van der Waals surface area contributed by atoms with Crippen molar-refractivity contribution in [3.05, 3.63) is 81.7 Å². The highest BCUT2D eigenvalue weighted by Crippen LogP contribution is 2.34. The average Bonchev–Trinajstić information content (AvgIpc) is 3.03. The average molecular weight is 430 g/mol. The molecule has 2 aromatic carbocycles. The van der Waals surface area contributed by atoms with Crippen molar-refractivity contribution < 1.29 is 13.6 Å². The Bertz CT molecular complexity index is 1240. The van der Waals surface area contributed by atoms with E-state index in [-0.39, 0.29) is 18.0 Å². The number of anilines is 1. The van der Waals surface area contributed by atoms with Gasteiger partial charge >= 0.3 is 0 Å². The van der Waals surface area contributed by atoms with Crippen LogP contribution >= 0.6 is 22.9 Å². The van der Waals surface area contributed by atoms with Crippen LogP contribution in [0.5, 0.6) is 0 Å². The van der Waals surface area contributed by atoms with Gasteiger partial charge in [0.25, 0.3) is 5.91 Å². The molecule has 3 N–H and O–H groups in total. The quantitative estimate of drug-likeness (QED) is 0.456. The van der Waals surface area contributed by atoms with Crippen LogP contribution in [0.1, 0.15) is 15.2 Å². The highest BCUT2D eigenvalue weighted by molar-refractivity contribution is 7.21.